The molecule has 8 aliphatic rings. The van der Waals surface area contributed by atoms with E-state index in [0.717, 1.165) is 17.6 Å². The van der Waals surface area contributed by atoms with Crippen molar-refractivity contribution in [1.29, 1.82) is 0 Å². The van der Waals surface area contributed by atoms with Gasteiger partial charge in [-0.25, -0.2) is 0 Å². The molecule has 0 aromatic rings. The van der Waals surface area contributed by atoms with Gasteiger partial charge in [0.2, 0.25) is 6.29 Å². The van der Waals surface area contributed by atoms with Gasteiger partial charge in [0.05, 0.1) is 36.3 Å². The van der Waals surface area contributed by atoms with Crippen LogP contribution in [-0.2, 0) is 38.0 Å². The predicted octanol–water partition coefficient (Wildman–Crippen LogP) is -0.237. The fourth-order valence-electron chi connectivity index (χ4n) is 14.4. The van der Waals surface area contributed by atoms with E-state index in [1.54, 1.807) is 6.92 Å². The lowest BCUT2D eigenvalue weighted by atomic mass is 9.33. The first kappa shape index (κ1) is 50.2. The molecule has 66 heavy (non-hydrogen) atoms. The minimum atomic E-state index is -1.87. The summed E-state index contributed by atoms with van der Waals surface area (Å²) in [4.78, 5) is 27.6. The Balaban J connectivity index is 0.970. The van der Waals surface area contributed by atoms with E-state index in [0.29, 0.717) is 57.8 Å². The van der Waals surface area contributed by atoms with E-state index in [2.05, 4.69) is 33.4 Å². The monoisotopic (exact) mass is 940 g/mol. The molecule has 24 unspecified atom stereocenters. The lowest BCUT2D eigenvalue weighted by Crippen LogP contribution is -2.66. The number of carbonyl (C=O) groups excluding carboxylic acids is 1. The number of aliphatic carboxylic acids is 1. The van der Waals surface area contributed by atoms with Crippen LogP contribution in [0.2, 0.25) is 0 Å². The molecule has 0 aromatic carbocycles. The van der Waals surface area contributed by atoms with Crippen molar-refractivity contribution in [3.8, 4) is 0 Å². The molecule has 11 N–H and O–H groups in total. The van der Waals surface area contributed by atoms with Gasteiger partial charge >= 0.3 is 11.9 Å². The van der Waals surface area contributed by atoms with Crippen LogP contribution >= 0.6 is 0 Å². The van der Waals surface area contributed by atoms with Gasteiger partial charge in [0.1, 0.15) is 67.1 Å². The van der Waals surface area contributed by atoms with Crippen molar-refractivity contribution in [3.63, 3.8) is 0 Å². The van der Waals surface area contributed by atoms with Gasteiger partial charge in [-0.3, -0.25) is 9.59 Å². The summed E-state index contributed by atoms with van der Waals surface area (Å²) in [6.07, 6.45) is -17.4. The summed E-state index contributed by atoms with van der Waals surface area (Å²) >= 11 is 0. The Morgan fingerprint density at radius 3 is 2.08 bits per heavy atom. The van der Waals surface area contributed by atoms with E-state index in [9.17, 15) is 65.8 Å². The van der Waals surface area contributed by atoms with Crippen molar-refractivity contribution in [3.05, 3.63) is 23.8 Å². The van der Waals surface area contributed by atoms with Crippen molar-refractivity contribution < 1.29 is 94.2 Å². The number of allylic oxidation sites excluding steroid dienone is 3. The third-order valence-electron chi connectivity index (χ3n) is 18.8. The maximum Gasteiger partial charge on any atom is 0.315 e. The second-order valence-electron chi connectivity index (χ2n) is 21.8. The van der Waals surface area contributed by atoms with Gasteiger partial charge in [0.25, 0.3) is 0 Å². The average molecular weight is 941 g/mol. The van der Waals surface area contributed by atoms with E-state index < -0.39 is 134 Å². The topological polar surface area (TPSA) is 312 Å². The summed E-state index contributed by atoms with van der Waals surface area (Å²) in [7, 11) is 0. The lowest BCUT2D eigenvalue weighted by Gasteiger charge is -2.70. The van der Waals surface area contributed by atoms with Gasteiger partial charge in [0.15, 0.2) is 12.6 Å². The maximum absolute atomic E-state index is 14.8. The van der Waals surface area contributed by atoms with Gasteiger partial charge < -0.3 is 84.6 Å². The Hall–Kier alpha value is -2.18. The van der Waals surface area contributed by atoms with Gasteiger partial charge in [0, 0.05) is 5.92 Å². The van der Waals surface area contributed by atoms with E-state index in [1.165, 1.54) is 6.92 Å². The number of hydrogen-bond acceptors (Lipinski definition) is 18. The van der Waals surface area contributed by atoms with Crippen LogP contribution in [0.3, 0.4) is 0 Å². The Labute approximate surface area is 384 Å². The maximum atomic E-state index is 14.8. The number of ether oxygens (including phenoxy) is 6. The third-order valence-corrected chi connectivity index (χ3v) is 18.8. The molecular formula is C47H72O19. The standard InChI is InChI=1S/C47H72O19/c1-20-9-14-47(16-15-44(4)22(23(47)17-20)7-8-26-43(3)12-11-28(49)46(6,41(58)59)27(43)10-13-45(26,44)5)42(60)66-40-35(56)32(53)30(51)25(64-40)19-61-38-36(57)33(54)37(24(18-48)63-38)65-39-34(55)31(52)29(50)21(2)62-39/h7,21,23-40,48-57H,1,8-19H2,2-6H3,(H,58,59). The second kappa shape index (κ2) is 17.9. The van der Waals surface area contributed by atoms with E-state index >= 15 is 0 Å². The summed E-state index contributed by atoms with van der Waals surface area (Å²) in [5.74, 6) is -2.00. The number of carboxylic acids is 1. The number of aliphatic hydroxyl groups excluding tert-OH is 10. The molecule has 8 rings (SSSR count). The molecule has 3 saturated heterocycles. The second-order valence-corrected chi connectivity index (χ2v) is 21.8. The van der Waals surface area contributed by atoms with Crippen LogP contribution in [0.1, 0.15) is 98.8 Å². The first-order chi connectivity index (χ1) is 30.9. The highest BCUT2D eigenvalue weighted by molar-refractivity contribution is 5.79. The van der Waals surface area contributed by atoms with Crippen LogP contribution in [0.15, 0.2) is 23.8 Å². The van der Waals surface area contributed by atoms with Gasteiger partial charge in [-0.2, -0.15) is 0 Å². The molecule has 7 fully saturated rings. The van der Waals surface area contributed by atoms with E-state index in [-0.39, 0.29) is 34.0 Å². The molecule has 19 nitrogen and oxygen atoms in total. The van der Waals surface area contributed by atoms with Gasteiger partial charge in [-0.15, -0.1) is 0 Å². The molecule has 0 spiro atoms. The quantitative estimate of drug-likeness (QED) is 0.105. The molecule has 0 amide bonds. The summed E-state index contributed by atoms with van der Waals surface area (Å²) in [6.45, 7) is 12.9. The minimum absolute atomic E-state index is 0.125. The zero-order valence-electron chi connectivity index (χ0n) is 38.4. The highest BCUT2D eigenvalue weighted by atomic mass is 16.8. The van der Waals surface area contributed by atoms with Crippen LogP contribution in [0.25, 0.3) is 0 Å². The molecule has 3 heterocycles. The fraction of sp³-hybridized carbons (Fsp3) is 0.872. The number of aliphatic hydroxyl groups is 10. The summed E-state index contributed by atoms with van der Waals surface area (Å²) in [6, 6.07) is 0. The van der Waals surface area contributed by atoms with Crippen LogP contribution < -0.4 is 0 Å². The number of carbonyl (C=O) groups is 2. The molecule has 24 atom stereocenters. The zero-order valence-corrected chi connectivity index (χ0v) is 38.4. The van der Waals surface area contributed by atoms with Gasteiger partial charge in [-0.05, 0) is 106 Å². The van der Waals surface area contributed by atoms with Crippen LogP contribution in [0, 0.1) is 44.8 Å². The number of carboxylic acid groups (broad SMARTS) is 1. The van der Waals surface area contributed by atoms with E-state index in [1.807, 2.05) is 0 Å². The summed E-state index contributed by atoms with van der Waals surface area (Å²) in [5.41, 5.74) is -1.16. The highest BCUT2D eigenvalue weighted by Crippen LogP contribution is 2.75. The fourth-order valence-corrected chi connectivity index (χ4v) is 14.4. The van der Waals surface area contributed by atoms with Crippen molar-refractivity contribution in [2.45, 2.75) is 197 Å². The Morgan fingerprint density at radius 2 is 1.39 bits per heavy atom. The lowest BCUT2D eigenvalue weighted by molar-refractivity contribution is -0.361. The van der Waals surface area contributed by atoms with Crippen LogP contribution in [0.4, 0.5) is 0 Å². The molecule has 374 valence electrons. The Morgan fingerprint density at radius 1 is 0.742 bits per heavy atom. The first-order valence-electron chi connectivity index (χ1n) is 23.7. The van der Waals surface area contributed by atoms with Gasteiger partial charge in [-0.1, -0.05) is 44.6 Å². The minimum Gasteiger partial charge on any atom is -0.481 e. The SMILES string of the molecule is C=C1CCC2(C(=O)OC3OC(COC4OC(CO)C(OC5OC(C)C(O)C(O)C5O)C(O)C4O)C(O)C(O)C3O)CCC3(C)C(=CCC4C5(C)CCC(O)C(C)(C(=O)O)C5CCC43C)C2C1. The average Bonchev–Trinajstić information content (AvgIpc) is 3.28. The molecule has 4 saturated carbocycles. The Bertz CT molecular complexity index is 1880. The number of esters is 1. The van der Waals surface area contributed by atoms with Crippen LogP contribution in [-0.4, -0.2) is 180 Å². The highest BCUT2D eigenvalue weighted by Gasteiger charge is 2.71. The molecule has 3 aliphatic heterocycles. The number of rotatable bonds is 9. The molecule has 0 aromatic heterocycles. The van der Waals surface area contributed by atoms with Crippen molar-refractivity contribution >= 4 is 11.9 Å². The normalized spacial score (nSPS) is 53.9. The molecule has 5 aliphatic carbocycles. The number of fused-ring (bicyclic) bond motifs is 7. The number of hydrogen-bond donors (Lipinski definition) is 11. The van der Waals surface area contributed by atoms with Crippen molar-refractivity contribution in [2.24, 2.45) is 44.8 Å². The largest absolute Gasteiger partial charge is 0.481 e. The molecule has 0 radical (unpaired) electrons. The summed E-state index contributed by atoms with van der Waals surface area (Å²) < 4.78 is 34.5. The van der Waals surface area contributed by atoms with Crippen molar-refractivity contribution in [1.82, 2.24) is 0 Å². The predicted molar refractivity (Wildman–Crippen MR) is 226 cm³/mol. The van der Waals surface area contributed by atoms with Crippen molar-refractivity contribution in [2.75, 3.05) is 13.2 Å². The van der Waals surface area contributed by atoms with E-state index in [4.69, 9.17) is 28.4 Å². The smallest absolute Gasteiger partial charge is 0.315 e. The van der Waals surface area contributed by atoms with Crippen LogP contribution in [0.5, 0.6) is 0 Å². The zero-order chi connectivity index (χ0) is 48.2. The molecule has 0 bridgehead atoms. The third kappa shape index (κ3) is 7.57. The first-order valence-corrected chi connectivity index (χ1v) is 23.7. The molecular weight excluding hydrogens is 868 g/mol. The Kier molecular flexibility index (Phi) is 13.6. The molecule has 19 heteroatoms. The summed E-state index contributed by atoms with van der Waals surface area (Å²) in [5, 5.41) is 118.